The molecular weight excluding hydrogens is 600 g/mol. The van der Waals surface area contributed by atoms with Gasteiger partial charge in [0.1, 0.15) is 0 Å². The highest BCUT2D eigenvalue weighted by molar-refractivity contribution is 7.91. The molecule has 45 heavy (non-hydrogen) atoms. The minimum absolute atomic E-state index is 0.0753. The van der Waals surface area contributed by atoms with Crippen LogP contribution in [0.25, 0.3) is 0 Å². The van der Waals surface area contributed by atoms with Crippen LogP contribution < -0.4 is 0 Å². The third-order valence-corrected chi connectivity index (χ3v) is 15.7. The summed E-state index contributed by atoms with van der Waals surface area (Å²) in [7, 11) is -3.36. The Morgan fingerprint density at radius 3 is 1.42 bits per heavy atom. The highest BCUT2D eigenvalue weighted by atomic mass is 32.2. The second kappa shape index (κ2) is 10.8. The molecule has 0 radical (unpaired) electrons. The first kappa shape index (κ1) is 31.9. The van der Waals surface area contributed by atoms with Gasteiger partial charge in [-0.1, -0.05) is 27.7 Å². The molecule has 11 heteroatoms. The van der Waals surface area contributed by atoms with E-state index in [1.54, 1.807) is 0 Å². The number of hydrogen-bond donors (Lipinski definition) is 0. The minimum atomic E-state index is -3.36. The minimum Gasteiger partial charge on any atom is -0.346 e. The van der Waals surface area contributed by atoms with Gasteiger partial charge in [0.15, 0.2) is 33.6 Å². The van der Waals surface area contributed by atoms with Crippen molar-refractivity contribution in [3.8, 4) is 0 Å². The molecule has 10 rings (SSSR count). The van der Waals surface area contributed by atoms with Crippen LogP contribution in [0.1, 0.15) is 106 Å². The van der Waals surface area contributed by atoms with Crippen LogP contribution in [0.3, 0.4) is 0 Å². The van der Waals surface area contributed by atoms with Gasteiger partial charge in [-0.25, -0.2) is 28.0 Å². The van der Waals surface area contributed by atoms with Gasteiger partial charge in [-0.2, -0.15) is 0 Å². The molecule has 10 nitrogen and oxygen atoms in total. The normalized spacial score (nSPS) is 57.0. The number of hydrogen-bond acceptors (Lipinski definition) is 10. The van der Waals surface area contributed by atoms with Crippen LogP contribution in [0.15, 0.2) is 0 Å². The van der Waals surface area contributed by atoms with E-state index in [-0.39, 0.29) is 47.4 Å². The lowest BCUT2D eigenvalue weighted by Gasteiger charge is -2.60. The maximum atomic E-state index is 13.6. The molecule has 0 aromatic rings. The van der Waals surface area contributed by atoms with Crippen LogP contribution in [0.2, 0.25) is 0 Å². The fourth-order valence-electron chi connectivity index (χ4n) is 11.3. The van der Waals surface area contributed by atoms with Crippen molar-refractivity contribution in [1.29, 1.82) is 0 Å². The molecule has 2 saturated carbocycles. The summed E-state index contributed by atoms with van der Waals surface area (Å²) in [4.78, 5) is 24.4. The lowest BCUT2D eigenvalue weighted by atomic mass is 9.57. The summed E-state index contributed by atoms with van der Waals surface area (Å²) in [5.41, 5.74) is -1.26. The van der Waals surface area contributed by atoms with Crippen molar-refractivity contribution in [2.45, 2.75) is 153 Å². The summed E-state index contributed by atoms with van der Waals surface area (Å²) in [6.07, 6.45) is 7.08. The first-order valence-electron chi connectivity index (χ1n) is 17.9. The molecule has 10 aliphatic rings. The fraction of sp³-hybridized carbons (Fsp3) is 1.00. The SMILES string of the molecule is C[C@H]1[C@@H](CCS(=O)(=O)CC[C@H]2O[C@@H]3O[C@]4(C)CC[C@H]5[C@H](C)CC[C@@H]([C@H]2C)[C@]35OO4)O[C@@H]2O[C@]3(C)CC[C@H]4[C@H](C)CC[C@@H]1[C@]24OO3. The van der Waals surface area contributed by atoms with Gasteiger partial charge < -0.3 is 18.9 Å². The van der Waals surface area contributed by atoms with Crippen molar-refractivity contribution >= 4 is 9.84 Å². The molecule has 0 amide bonds. The van der Waals surface area contributed by atoms with E-state index in [2.05, 4.69) is 27.7 Å². The first-order valence-corrected chi connectivity index (χ1v) is 19.7. The zero-order valence-electron chi connectivity index (χ0n) is 27.9. The summed E-state index contributed by atoms with van der Waals surface area (Å²) in [5.74, 6) is 0.706. The van der Waals surface area contributed by atoms with Gasteiger partial charge >= 0.3 is 0 Å². The molecule has 8 heterocycles. The molecule has 2 spiro atoms. The summed E-state index contributed by atoms with van der Waals surface area (Å²) < 4.78 is 53.5. The Bertz CT molecular complexity index is 1180. The molecule has 8 aliphatic heterocycles. The second-order valence-electron chi connectivity index (χ2n) is 16.6. The highest BCUT2D eigenvalue weighted by Gasteiger charge is 2.70. The van der Waals surface area contributed by atoms with E-state index in [0.717, 1.165) is 51.4 Å². The highest BCUT2D eigenvalue weighted by Crippen LogP contribution is 2.62. The number of sulfone groups is 1. The van der Waals surface area contributed by atoms with Crippen LogP contribution in [-0.2, 0) is 48.3 Å². The number of ether oxygens (including phenoxy) is 4. The lowest BCUT2D eigenvalue weighted by Crippen LogP contribution is -2.70. The van der Waals surface area contributed by atoms with Gasteiger partial charge in [0.25, 0.3) is 0 Å². The Hall–Kier alpha value is -0.370. The van der Waals surface area contributed by atoms with E-state index in [4.69, 9.17) is 38.5 Å². The average molecular weight is 655 g/mol. The zero-order valence-corrected chi connectivity index (χ0v) is 28.7. The Kier molecular flexibility index (Phi) is 7.66. The van der Waals surface area contributed by atoms with Crippen molar-refractivity contribution in [3.05, 3.63) is 0 Å². The predicted molar refractivity (Wildman–Crippen MR) is 162 cm³/mol. The number of fused-ring (bicyclic) bond motifs is 4. The third-order valence-electron chi connectivity index (χ3n) is 14.0. The maximum Gasteiger partial charge on any atom is 0.201 e. The Balaban J connectivity index is 0.941. The molecule has 10 fully saturated rings. The second-order valence-corrected chi connectivity index (χ2v) is 18.9. The number of rotatable bonds is 6. The van der Waals surface area contributed by atoms with Gasteiger partial charge in [-0.3, -0.25) is 0 Å². The summed E-state index contributed by atoms with van der Waals surface area (Å²) in [5, 5.41) is 0. The average Bonchev–Trinajstić information content (AvgIpc) is 3.37. The quantitative estimate of drug-likeness (QED) is 0.332. The van der Waals surface area contributed by atoms with Gasteiger partial charge in [0.2, 0.25) is 11.6 Å². The van der Waals surface area contributed by atoms with E-state index < -0.39 is 45.2 Å². The molecule has 2 aliphatic carbocycles. The van der Waals surface area contributed by atoms with Crippen molar-refractivity contribution in [1.82, 2.24) is 0 Å². The van der Waals surface area contributed by atoms with Crippen molar-refractivity contribution in [3.63, 3.8) is 0 Å². The topological polar surface area (TPSA) is 108 Å². The smallest absolute Gasteiger partial charge is 0.201 e. The zero-order chi connectivity index (χ0) is 31.6. The Morgan fingerprint density at radius 2 is 1.00 bits per heavy atom. The van der Waals surface area contributed by atoms with E-state index >= 15 is 0 Å². The molecule has 0 aromatic carbocycles. The van der Waals surface area contributed by atoms with Crippen molar-refractivity contribution < 1.29 is 46.9 Å². The van der Waals surface area contributed by atoms with Gasteiger partial charge in [0, 0.05) is 24.7 Å². The molecule has 0 unspecified atom stereocenters. The van der Waals surface area contributed by atoms with Crippen LogP contribution in [0.5, 0.6) is 0 Å². The van der Waals surface area contributed by atoms with E-state index in [1.807, 2.05) is 13.8 Å². The summed E-state index contributed by atoms with van der Waals surface area (Å²) in [6.45, 7) is 12.8. The van der Waals surface area contributed by atoms with Crippen LogP contribution in [-0.4, -0.2) is 67.5 Å². The van der Waals surface area contributed by atoms with Crippen LogP contribution in [0.4, 0.5) is 0 Å². The van der Waals surface area contributed by atoms with E-state index in [1.165, 1.54) is 0 Å². The molecule has 8 saturated heterocycles. The Labute approximate surface area is 268 Å². The van der Waals surface area contributed by atoms with E-state index in [0.29, 0.717) is 36.5 Å². The molecular formula is C34H54O10S. The molecule has 0 N–H and O–H groups in total. The summed E-state index contributed by atoms with van der Waals surface area (Å²) >= 11 is 0. The van der Waals surface area contributed by atoms with E-state index in [9.17, 15) is 8.42 Å². The van der Waals surface area contributed by atoms with Crippen LogP contribution >= 0.6 is 0 Å². The standard InChI is InChI=1S/C34H54O10S/c1-19-7-9-25-21(3)27(37-29-33(25)23(19)11-15-31(5,39-29)41-43-33)13-17-45(35,36)18-14-28-22(4)26-10-8-20(2)24-12-16-32(6)40-30(38-28)34(24,26)44-42-32/h19-30H,7-18H2,1-6H3/t19-,20-,21-,22-,23+,24+,25+,26+,27-,28-,29-,30-,31+,32+,33+,34+/m1/s1. The maximum absolute atomic E-state index is 13.6. The van der Waals surface area contributed by atoms with Gasteiger partial charge in [0.05, 0.1) is 23.7 Å². The lowest BCUT2D eigenvalue weighted by molar-refractivity contribution is -0.571. The molecule has 16 atom stereocenters. The predicted octanol–water partition coefficient (Wildman–Crippen LogP) is 5.68. The van der Waals surface area contributed by atoms with Crippen molar-refractivity contribution in [2.75, 3.05) is 11.5 Å². The largest absolute Gasteiger partial charge is 0.346 e. The van der Waals surface area contributed by atoms with Gasteiger partial charge in [-0.15, -0.1) is 0 Å². The molecule has 256 valence electrons. The van der Waals surface area contributed by atoms with Crippen molar-refractivity contribution in [2.24, 2.45) is 47.3 Å². The summed E-state index contributed by atoms with van der Waals surface area (Å²) in [6, 6.07) is 0. The monoisotopic (exact) mass is 654 g/mol. The molecule has 4 bridgehead atoms. The Morgan fingerprint density at radius 1 is 0.578 bits per heavy atom. The third kappa shape index (κ3) is 4.79. The first-order chi connectivity index (χ1) is 21.3. The van der Waals surface area contributed by atoms with Gasteiger partial charge in [-0.05, 0) is 101 Å². The fourth-order valence-corrected chi connectivity index (χ4v) is 12.7. The molecule has 0 aromatic heterocycles. The van der Waals surface area contributed by atoms with Crippen LogP contribution in [0, 0.1) is 47.3 Å².